The minimum absolute atomic E-state index is 0.0959. The molecule has 0 radical (unpaired) electrons. The van der Waals surface area contributed by atoms with E-state index in [1.807, 2.05) is 0 Å². The van der Waals surface area contributed by atoms with Crippen LogP contribution in [0, 0.1) is 0 Å². The van der Waals surface area contributed by atoms with Crippen molar-refractivity contribution in [2.24, 2.45) is 0 Å². The molecule has 2 aromatic carbocycles. The van der Waals surface area contributed by atoms with E-state index in [4.69, 9.17) is 9.47 Å². The molecule has 0 saturated carbocycles. The molecular weight excluding hydrogens is 434 g/mol. The monoisotopic (exact) mass is 463 g/mol. The van der Waals surface area contributed by atoms with Crippen molar-refractivity contribution < 1.29 is 27.5 Å². The van der Waals surface area contributed by atoms with Gasteiger partial charge >= 0.3 is 0 Å². The molecular formula is C22H29N3O6S. The Bertz CT molecular complexity index is 1040. The number of rotatable bonds is 11. The summed E-state index contributed by atoms with van der Waals surface area (Å²) >= 11 is 0. The van der Waals surface area contributed by atoms with Gasteiger partial charge in [-0.05, 0) is 48.9 Å². The number of benzene rings is 2. The lowest BCUT2D eigenvalue weighted by Crippen LogP contribution is -2.27. The number of nitrogens with one attached hydrogen (secondary N) is 2. The van der Waals surface area contributed by atoms with Gasteiger partial charge in [0.1, 0.15) is 0 Å². The Balaban J connectivity index is 1.86. The molecule has 32 heavy (non-hydrogen) atoms. The summed E-state index contributed by atoms with van der Waals surface area (Å²) in [7, 11) is 2.69. The summed E-state index contributed by atoms with van der Waals surface area (Å²) in [6.07, 6.45) is 0.755. The summed E-state index contributed by atoms with van der Waals surface area (Å²) in [6, 6.07) is 11.7. The van der Waals surface area contributed by atoms with E-state index in [1.54, 1.807) is 44.4 Å². The van der Waals surface area contributed by atoms with E-state index in [-0.39, 0.29) is 29.7 Å². The van der Waals surface area contributed by atoms with Crippen LogP contribution in [0.4, 0.5) is 0 Å². The minimum Gasteiger partial charge on any atom is -0.493 e. The van der Waals surface area contributed by atoms with Gasteiger partial charge in [0.05, 0.1) is 12.0 Å². The van der Waals surface area contributed by atoms with Gasteiger partial charge in [0.2, 0.25) is 15.9 Å². The SMILES string of the molecule is CNS(=O)(=O)c1ccc(CCC(=O)NCc2ccc(OCC(=O)N(C)C)c(OC)c2)cc1. The van der Waals surface area contributed by atoms with Gasteiger partial charge in [-0.2, -0.15) is 0 Å². The number of amides is 2. The summed E-state index contributed by atoms with van der Waals surface area (Å²) in [6.45, 7) is 0.215. The van der Waals surface area contributed by atoms with Crippen LogP contribution in [0.1, 0.15) is 17.5 Å². The Labute approximate surface area is 188 Å². The van der Waals surface area contributed by atoms with Crippen LogP contribution in [0.25, 0.3) is 0 Å². The molecule has 0 atom stereocenters. The van der Waals surface area contributed by atoms with Gasteiger partial charge in [-0.1, -0.05) is 18.2 Å². The summed E-state index contributed by atoms with van der Waals surface area (Å²) < 4.78 is 36.6. The third-order valence-electron chi connectivity index (χ3n) is 4.71. The van der Waals surface area contributed by atoms with Crippen LogP contribution in [-0.2, 0) is 32.6 Å². The van der Waals surface area contributed by atoms with Crippen molar-refractivity contribution in [2.75, 3.05) is 34.9 Å². The average Bonchev–Trinajstić information content (AvgIpc) is 2.80. The second-order valence-electron chi connectivity index (χ2n) is 7.19. The Morgan fingerprint density at radius 2 is 1.66 bits per heavy atom. The highest BCUT2D eigenvalue weighted by Gasteiger charge is 2.12. The number of hydrogen-bond donors (Lipinski definition) is 2. The largest absolute Gasteiger partial charge is 0.493 e. The first-order chi connectivity index (χ1) is 15.2. The number of aryl methyl sites for hydroxylation is 1. The predicted octanol–water partition coefficient (Wildman–Crippen LogP) is 1.32. The zero-order valence-corrected chi connectivity index (χ0v) is 19.5. The Hall–Kier alpha value is -3.11. The molecule has 0 heterocycles. The van der Waals surface area contributed by atoms with E-state index in [0.29, 0.717) is 24.5 Å². The zero-order chi connectivity index (χ0) is 23.7. The molecule has 0 fully saturated rings. The van der Waals surface area contributed by atoms with Gasteiger partial charge < -0.3 is 19.7 Å². The van der Waals surface area contributed by atoms with Gasteiger partial charge in [-0.3, -0.25) is 9.59 Å². The topological polar surface area (TPSA) is 114 Å². The molecule has 0 saturated heterocycles. The molecule has 0 unspecified atom stereocenters. The lowest BCUT2D eigenvalue weighted by molar-refractivity contribution is -0.130. The second kappa shape index (κ2) is 11.5. The first-order valence-electron chi connectivity index (χ1n) is 9.95. The number of methoxy groups -OCH3 is 1. The molecule has 0 aliphatic heterocycles. The highest BCUT2D eigenvalue weighted by molar-refractivity contribution is 7.89. The molecule has 0 aliphatic carbocycles. The third kappa shape index (κ3) is 7.24. The van der Waals surface area contributed by atoms with Gasteiger partial charge in [-0.15, -0.1) is 0 Å². The molecule has 0 spiro atoms. The fraction of sp³-hybridized carbons (Fsp3) is 0.364. The van der Waals surface area contributed by atoms with Gasteiger partial charge in [0.15, 0.2) is 18.1 Å². The number of likely N-dealkylation sites (N-methyl/N-ethyl adjacent to an activating group) is 1. The second-order valence-corrected chi connectivity index (χ2v) is 9.08. The lowest BCUT2D eigenvalue weighted by Gasteiger charge is -2.14. The van der Waals surface area contributed by atoms with Crippen molar-refractivity contribution in [2.45, 2.75) is 24.3 Å². The fourth-order valence-corrected chi connectivity index (χ4v) is 3.44. The van der Waals surface area contributed by atoms with Crippen molar-refractivity contribution in [1.82, 2.24) is 14.9 Å². The minimum atomic E-state index is -3.47. The predicted molar refractivity (Wildman–Crippen MR) is 120 cm³/mol. The third-order valence-corrected chi connectivity index (χ3v) is 6.14. The molecule has 0 aliphatic rings. The zero-order valence-electron chi connectivity index (χ0n) is 18.7. The number of ether oxygens (including phenoxy) is 2. The van der Waals surface area contributed by atoms with Crippen molar-refractivity contribution >= 4 is 21.8 Å². The molecule has 2 amide bonds. The quantitative estimate of drug-likeness (QED) is 0.520. The summed E-state index contributed by atoms with van der Waals surface area (Å²) in [5.41, 5.74) is 1.69. The first-order valence-corrected chi connectivity index (χ1v) is 11.4. The normalized spacial score (nSPS) is 11.0. The molecule has 2 rings (SSSR count). The van der Waals surface area contributed by atoms with Gasteiger partial charge in [0, 0.05) is 27.1 Å². The Kier molecular flexibility index (Phi) is 9.03. The van der Waals surface area contributed by atoms with Crippen LogP contribution in [0.15, 0.2) is 47.4 Å². The molecule has 174 valence electrons. The summed E-state index contributed by atoms with van der Waals surface area (Å²) in [5.74, 6) is 0.621. The van der Waals surface area contributed by atoms with E-state index in [1.165, 1.54) is 31.2 Å². The number of sulfonamides is 1. The highest BCUT2D eigenvalue weighted by Crippen LogP contribution is 2.28. The number of carbonyl (C=O) groups is 2. The molecule has 9 nitrogen and oxygen atoms in total. The van der Waals surface area contributed by atoms with Gasteiger partial charge in [0.25, 0.3) is 5.91 Å². The Morgan fingerprint density at radius 3 is 2.25 bits per heavy atom. The number of nitrogens with zero attached hydrogens (tertiary/aromatic N) is 1. The van der Waals surface area contributed by atoms with Crippen molar-refractivity contribution in [3.63, 3.8) is 0 Å². The first kappa shape index (κ1) is 25.2. The highest BCUT2D eigenvalue weighted by atomic mass is 32.2. The van der Waals surface area contributed by atoms with E-state index in [9.17, 15) is 18.0 Å². The standard InChI is InChI=1S/C22H29N3O6S/c1-23-32(28,29)18-9-5-16(6-10-18)8-12-21(26)24-14-17-7-11-19(20(13-17)30-4)31-15-22(27)25(2)3/h5-7,9-11,13,23H,8,12,14-15H2,1-4H3,(H,24,26). The smallest absolute Gasteiger partial charge is 0.259 e. The van der Waals surface area contributed by atoms with Crippen LogP contribution >= 0.6 is 0 Å². The van der Waals surface area contributed by atoms with Crippen LogP contribution < -0.4 is 19.5 Å². The van der Waals surface area contributed by atoms with Gasteiger partial charge in [-0.25, -0.2) is 13.1 Å². The number of hydrogen-bond acceptors (Lipinski definition) is 6. The molecule has 0 aromatic heterocycles. The molecule has 2 aromatic rings. The maximum absolute atomic E-state index is 12.2. The van der Waals surface area contributed by atoms with Crippen LogP contribution in [0.2, 0.25) is 0 Å². The van der Waals surface area contributed by atoms with Crippen LogP contribution in [0.5, 0.6) is 11.5 Å². The summed E-state index contributed by atoms with van der Waals surface area (Å²) in [5, 5.41) is 2.85. The number of carbonyl (C=O) groups excluding carboxylic acids is 2. The van der Waals surface area contributed by atoms with Crippen molar-refractivity contribution in [1.29, 1.82) is 0 Å². The average molecular weight is 464 g/mol. The Morgan fingerprint density at radius 1 is 1.00 bits per heavy atom. The van der Waals surface area contributed by atoms with E-state index in [0.717, 1.165) is 11.1 Å². The van der Waals surface area contributed by atoms with E-state index < -0.39 is 10.0 Å². The maximum atomic E-state index is 12.2. The molecule has 10 heteroatoms. The van der Waals surface area contributed by atoms with E-state index in [2.05, 4.69) is 10.0 Å². The summed E-state index contributed by atoms with van der Waals surface area (Å²) in [4.78, 5) is 25.5. The van der Waals surface area contributed by atoms with Crippen molar-refractivity contribution in [3.05, 3.63) is 53.6 Å². The van der Waals surface area contributed by atoms with Crippen LogP contribution in [0.3, 0.4) is 0 Å². The molecule has 2 N–H and O–H groups in total. The van der Waals surface area contributed by atoms with Crippen LogP contribution in [-0.4, -0.2) is 60.0 Å². The van der Waals surface area contributed by atoms with E-state index >= 15 is 0 Å². The lowest BCUT2D eigenvalue weighted by atomic mass is 10.1. The maximum Gasteiger partial charge on any atom is 0.259 e. The fourth-order valence-electron chi connectivity index (χ4n) is 2.71. The van der Waals surface area contributed by atoms with Crippen molar-refractivity contribution in [3.8, 4) is 11.5 Å². The molecule has 0 bridgehead atoms.